The maximum Gasteiger partial charge on any atom is 0.305 e. The van der Waals surface area contributed by atoms with Crippen LogP contribution in [-0.4, -0.2) is 18.7 Å². The van der Waals surface area contributed by atoms with Crippen molar-refractivity contribution in [3.8, 4) is 23.1 Å². The van der Waals surface area contributed by atoms with Gasteiger partial charge in [-0.15, -0.1) is 0 Å². The molecule has 0 aliphatic carbocycles. The molecular weight excluding hydrogens is 230 g/mol. The molecule has 1 heterocycles. The van der Waals surface area contributed by atoms with E-state index in [1.54, 1.807) is 13.3 Å². The van der Waals surface area contributed by atoms with Gasteiger partial charge >= 0.3 is 5.95 Å². The first kappa shape index (κ1) is 12.5. The average molecular weight is 247 g/mol. The highest BCUT2D eigenvalue weighted by molar-refractivity contribution is 5.65. The van der Waals surface area contributed by atoms with E-state index in [4.69, 9.17) is 13.9 Å². The van der Waals surface area contributed by atoms with Crippen LogP contribution in [0.25, 0.3) is 11.5 Å². The predicted molar refractivity (Wildman–Crippen MR) is 69.1 cm³/mol. The van der Waals surface area contributed by atoms with Crippen LogP contribution in [0.2, 0.25) is 0 Å². The highest BCUT2D eigenvalue weighted by Crippen LogP contribution is 2.33. The molecule has 1 aromatic carbocycles. The number of aromatic nitrogens is 1. The van der Waals surface area contributed by atoms with E-state index in [-0.39, 0.29) is 0 Å². The van der Waals surface area contributed by atoms with E-state index >= 15 is 0 Å². The molecule has 1 aromatic heterocycles. The van der Waals surface area contributed by atoms with Crippen LogP contribution in [0, 0.1) is 13.8 Å². The second kappa shape index (κ2) is 5.12. The molecule has 2 aromatic rings. The highest BCUT2D eigenvalue weighted by Gasteiger charge is 2.14. The average Bonchev–Trinajstić information content (AvgIpc) is 2.81. The molecule has 0 atom stereocenters. The minimum absolute atomic E-state index is 0.424. The summed E-state index contributed by atoms with van der Waals surface area (Å²) < 4.78 is 16.2. The largest absolute Gasteiger partial charge is 0.496 e. The summed E-state index contributed by atoms with van der Waals surface area (Å²) in [6.45, 7) is 6.55. The number of ether oxygens (including phenoxy) is 2. The fraction of sp³-hybridized carbons (Fsp3) is 0.357. The quantitative estimate of drug-likeness (QED) is 0.831. The van der Waals surface area contributed by atoms with Crippen molar-refractivity contribution in [2.45, 2.75) is 20.8 Å². The fourth-order valence-corrected chi connectivity index (χ4v) is 1.72. The van der Waals surface area contributed by atoms with Crippen molar-refractivity contribution in [1.29, 1.82) is 0 Å². The Balaban J connectivity index is 2.45. The van der Waals surface area contributed by atoms with E-state index in [2.05, 4.69) is 4.98 Å². The molecule has 0 saturated carbocycles. The lowest BCUT2D eigenvalue weighted by molar-refractivity contribution is 0.260. The van der Waals surface area contributed by atoms with Crippen LogP contribution in [0.1, 0.15) is 18.1 Å². The van der Waals surface area contributed by atoms with Crippen molar-refractivity contribution in [3.63, 3.8) is 0 Å². The Kier molecular flexibility index (Phi) is 3.55. The normalized spacial score (nSPS) is 10.4. The van der Waals surface area contributed by atoms with Gasteiger partial charge in [-0.05, 0) is 44.0 Å². The molecule has 0 aliphatic heterocycles. The number of hydrogen-bond acceptors (Lipinski definition) is 4. The zero-order valence-electron chi connectivity index (χ0n) is 11.1. The third-order valence-electron chi connectivity index (χ3n) is 2.82. The van der Waals surface area contributed by atoms with Crippen LogP contribution in [0.15, 0.2) is 22.7 Å². The number of hydrogen-bond donors (Lipinski definition) is 0. The summed E-state index contributed by atoms with van der Waals surface area (Å²) in [6.07, 6.45) is 1.58. The van der Waals surface area contributed by atoms with Gasteiger partial charge < -0.3 is 13.9 Å². The van der Waals surface area contributed by atoms with Gasteiger partial charge in [0.25, 0.3) is 0 Å². The van der Waals surface area contributed by atoms with Gasteiger partial charge in [0.15, 0.2) is 0 Å². The Hall–Kier alpha value is -1.97. The summed E-state index contributed by atoms with van der Waals surface area (Å²) in [7, 11) is 1.64. The first-order chi connectivity index (χ1) is 8.65. The molecule has 0 bridgehead atoms. The van der Waals surface area contributed by atoms with Gasteiger partial charge in [-0.3, -0.25) is 0 Å². The molecule has 96 valence electrons. The van der Waals surface area contributed by atoms with Gasteiger partial charge in [-0.25, -0.2) is 4.98 Å². The third-order valence-corrected chi connectivity index (χ3v) is 2.82. The molecule has 0 amide bonds. The van der Waals surface area contributed by atoms with E-state index in [0.29, 0.717) is 18.4 Å². The fourth-order valence-electron chi connectivity index (χ4n) is 1.72. The van der Waals surface area contributed by atoms with Gasteiger partial charge in [-0.1, -0.05) is 0 Å². The predicted octanol–water partition coefficient (Wildman–Crippen LogP) is 3.37. The Morgan fingerprint density at radius 3 is 2.61 bits per heavy atom. The lowest BCUT2D eigenvalue weighted by Crippen LogP contribution is -1.91. The van der Waals surface area contributed by atoms with Gasteiger partial charge in [-0.2, -0.15) is 0 Å². The van der Waals surface area contributed by atoms with Crippen LogP contribution < -0.4 is 9.47 Å². The zero-order valence-corrected chi connectivity index (χ0v) is 11.1. The second-order valence-electron chi connectivity index (χ2n) is 4.05. The minimum Gasteiger partial charge on any atom is -0.496 e. The summed E-state index contributed by atoms with van der Waals surface area (Å²) in [5, 5.41) is 0. The summed E-state index contributed by atoms with van der Waals surface area (Å²) >= 11 is 0. The van der Waals surface area contributed by atoms with E-state index < -0.39 is 0 Å². The van der Waals surface area contributed by atoms with E-state index in [0.717, 1.165) is 11.3 Å². The Morgan fingerprint density at radius 2 is 1.94 bits per heavy atom. The van der Waals surface area contributed by atoms with Crippen molar-refractivity contribution in [3.05, 3.63) is 29.5 Å². The van der Waals surface area contributed by atoms with Gasteiger partial charge in [0.05, 0.1) is 19.3 Å². The van der Waals surface area contributed by atoms with E-state index in [1.807, 2.05) is 32.9 Å². The number of nitrogens with zero attached hydrogens (tertiary/aromatic N) is 1. The number of aryl methyl sites for hydroxylation is 2. The number of benzene rings is 1. The Bertz CT molecular complexity index is 546. The summed E-state index contributed by atoms with van der Waals surface area (Å²) in [5.74, 6) is 1.69. The van der Waals surface area contributed by atoms with Gasteiger partial charge in [0, 0.05) is 0 Å². The van der Waals surface area contributed by atoms with Gasteiger partial charge in [0.1, 0.15) is 11.9 Å². The van der Waals surface area contributed by atoms with Crippen molar-refractivity contribution < 1.29 is 13.9 Å². The molecule has 18 heavy (non-hydrogen) atoms. The third kappa shape index (κ3) is 2.32. The molecule has 0 radical (unpaired) electrons. The van der Waals surface area contributed by atoms with Crippen molar-refractivity contribution in [2.24, 2.45) is 0 Å². The maximum absolute atomic E-state index is 5.53. The van der Waals surface area contributed by atoms with Crippen LogP contribution in [0.4, 0.5) is 0 Å². The smallest absolute Gasteiger partial charge is 0.305 e. The molecular formula is C14H17NO3. The number of methoxy groups -OCH3 is 1. The standard InChI is InChI=1S/C14H17NO3/c1-5-17-13-8-15-14(18-13)11-6-9(2)10(3)7-12(11)16-4/h6-8H,5H2,1-4H3. The number of rotatable bonds is 4. The molecule has 4 heteroatoms. The Morgan fingerprint density at radius 1 is 1.22 bits per heavy atom. The lowest BCUT2D eigenvalue weighted by Gasteiger charge is -2.09. The van der Waals surface area contributed by atoms with Crippen LogP contribution in [0.5, 0.6) is 11.7 Å². The second-order valence-corrected chi connectivity index (χ2v) is 4.05. The summed E-state index contributed by atoms with van der Waals surface area (Å²) in [4.78, 5) is 4.21. The summed E-state index contributed by atoms with van der Waals surface area (Å²) in [5.41, 5.74) is 3.18. The molecule has 0 saturated heterocycles. The Labute approximate surface area is 107 Å². The molecule has 0 fully saturated rings. The first-order valence-electron chi connectivity index (χ1n) is 5.90. The zero-order chi connectivity index (χ0) is 13.1. The van der Waals surface area contributed by atoms with Crippen LogP contribution in [0.3, 0.4) is 0 Å². The topological polar surface area (TPSA) is 44.5 Å². The molecule has 0 aliphatic rings. The van der Waals surface area contributed by atoms with Crippen LogP contribution in [-0.2, 0) is 0 Å². The minimum atomic E-state index is 0.424. The molecule has 4 nitrogen and oxygen atoms in total. The van der Waals surface area contributed by atoms with Gasteiger partial charge in [0.2, 0.25) is 5.89 Å². The van der Waals surface area contributed by atoms with E-state index in [1.165, 1.54) is 11.1 Å². The first-order valence-corrected chi connectivity index (χ1v) is 5.90. The van der Waals surface area contributed by atoms with Crippen molar-refractivity contribution >= 4 is 0 Å². The highest BCUT2D eigenvalue weighted by atomic mass is 16.6. The van der Waals surface area contributed by atoms with Crippen LogP contribution >= 0.6 is 0 Å². The SMILES string of the molecule is CCOc1cnc(-c2cc(C)c(C)cc2OC)o1. The monoisotopic (exact) mass is 247 g/mol. The summed E-state index contributed by atoms with van der Waals surface area (Å²) in [6, 6.07) is 3.99. The lowest BCUT2D eigenvalue weighted by atomic mass is 10.1. The van der Waals surface area contributed by atoms with Crippen molar-refractivity contribution in [1.82, 2.24) is 4.98 Å². The molecule has 2 rings (SSSR count). The molecule has 0 spiro atoms. The maximum atomic E-state index is 5.53. The molecule has 0 unspecified atom stereocenters. The molecule has 0 N–H and O–H groups in total. The number of oxazole rings is 1. The van der Waals surface area contributed by atoms with Crippen molar-refractivity contribution in [2.75, 3.05) is 13.7 Å². The van der Waals surface area contributed by atoms with E-state index in [9.17, 15) is 0 Å².